The third-order valence-electron chi connectivity index (χ3n) is 2.87. The molecule has 1 unspecified atom stereocenters. The van der Waals surface area contributed by atoms with Gasteiger partial charge in [0, 0.05) is 0 Å². The number of aliphatic hydroxyl groups is 1. The molecule has 0 radical (unpaired) electrons. The van der Waals surface area contributed by atoms with E-state index in [4.69, 9.17) is 32.4 Å². The summed E-state index contributed by atoms with van der Waals surface area (Å²) >= 11 is 11.8. The Morgan fingerprint density at radius 3 is 2.86 bits per heavy atom. The zero-order chi connectivity index (χ0) is 15.9. The molecule has 2 aromatic rings. The van der Waals surface area contributed by atoms with E-state index in [2.05, 4.69) is 5.32 Å². The van der Waals surface area contributed by atoms with Gasteiger partial charge in [-0.25, -0.2) is 0 Å². The Balaban J connectivity index is 1.71. The van der Waals surface area contributed by atoms with Crippen LogP contribution in [0.25, 0.3) is 0 Å². The summed E-state index contributed by atoms with van der Waals surface area (Å²) in [5.41, 5.74) is 0. The fourth-order valence-electron chi connectivity index (χ4n) is 1.73. The van der Waals surface area contributed by atoms with Gasteiger partial charge in [0.1, 0.15) is 22.6 Å². The highest BCUT2D eigenvalue weighted by Crippen LogP contribution is 2.31. The molecule has 1 atom stereocenters. The van der Waals surface area contributed by atoms with E-state index in [1.54, 1.807) is 30.3 Å². The number of carbonyl (C=O) groups is 1. The largest absolute Gasteiger partial charge is 0.491 e. The summed E-state index contributed by atoms with van der Waals surface area (Å²) in [6, 6.07) is 8.35. The molecule has 2 rings (SSSR count). The minimum Gasteiger partial charge on any atom is -0.491 e. The van der Waals surface area contributed by atoms with Crippen molar-refractivity contribution in [2.75, 3.05) is 13.2 Å². The third kappa shape index (κ3) is 4.66. The molecule has 1 aromatic heterocycles. The van der Waals surface area contributed by atoms with E-state index in [0.29, 0.717) is 21.6 Å². The predicted molar refractivity (Wildman–Crippen MR) is 83.3 cm³/mol. The summed E-state index contributed by atoms with van der Waals surface area (Å²) in [7, 11) is 0. The number of benzene rings is 1. The van der Waals surface area contributed by atoms with Gasteiger partial charge in [0.25, 0.3) is 0 Å². The molecule has 22 heavy (non-hydrogen) atoms. The van der Waals surface area contributed by atoms with E-state index in [1.807, 2.05) is 0 Å². The molecule has 118 valence electrons. The minimum absolute atomic E-state index is 0.0737. The number of furan rings is 1. The van der Waals surface area contributed by atoms with E-state index in [1.165, 1.54) is 6.26 Å². The van der Waals surface area contributed by atoms with Crippen molar-refractivity contribution < 1.29 is 19.1 Å². The first-order chi connectivity index (χ1) is 10.6. The quantitative estimate of drug-likeness (QED) is 0.809. The first-order valence-electron chi connectivity index (χ1n) is 6.63. The molecule has 0 aliphatic rings. The van der Waals surface area contributed by atoms with Gasteiger partial charge in [0.05, 0.1) is 30.9 Å². The molecule has 5 nitrogen and oxygen atoms in total. The Labute approximate surface area is 137 Å². The van der Waals surface area contributed by atoms with Crippen LogP contribution in [0.15, 0.2) is 41.0 Å². The Morgan fingerprint density at radius 2 is 2.14 bits per heavy atom. The monoisotopic (exact) mass is 343 g/mol. The molecule has 0 saturated heterocycles. The molecule has 1 amide bonds. The van der Waals surface area contributed by atoms with Gasteiger partial charge in [-0.15, -0.1) is 0 Å². The van der Waals surface area contributed by atoms with Crippen LogP contribution in [0.2, 0.25) is 10.0 Å². The molecule has 0 aliphatic carbocycles. The lowest BCUT2D eigenvalue weighted by molar-refractivity contribution is -0.122. The average molecular weight is 344 g/mol. The number of ether oxygens (including phenoxy) is 1. The second-order valence-electron chi connectivity index (χ2n) is 4.49. The minimum atomic E-state index is -0.873. The van der Waals surface area contributed by atoms with Crippen molar-refractivity contribution in [3.63, 3.8) is 0 Å². The number of nitrogens with one attached hydrogen (secondary N) is 1. The maximum Gasteiger partial charge on any atom is 0.223 e. The van der Waals surface area contributed by atoms with Crippen molar-refractivity contribution in [1.82, 2.24) is 5.32 Å². The summed E-state index contributed by atoms with van der Waals surface area (Å²) in [4.78, 5) is 11.7. The first kappa shape index (κ1) is 16.7. The van der Waals surface area contributed by atoms with E-state index >= 15 is 0 Å². The second kappa shape index (κ2) is 8.08. The molecule has 0 aliphatic heterocycles. The normalized spacial score (nSPS) is 12.0. The summed E-state index contributed by atoms with van der Waals surface area (Å²) in [6.45, 7) is 0.229. The number of carbonyl (C=O) groups excluding carboxylic acids is 1. The lowest BCUT2D eigenvalue weighted by atomic mass is 10.2. The van der Waals surface area contributed by atoms with Gasteiger partial charge >= 0.3 is 0 Å². The summed E-state index contributed by atoms with van der Waals surface area (Å²) < 4.78 is 10.4. The van der Waals surface area contributed by atoms with Crippen LogP contribution in [0, 0.1) is 0 Å². The van der Waals surface area contributed by atoms with Crippen LogP contribution in [-0.4, -0.2) is 24.2 Å². The molecule has 0 bridgehead atoms. The van der Waals surface area contributed by atoms with Crippen LogP contribution < -0.4 is 10.1 Å². The number of amides is 1. The molecule has 0 fully saturated rings. The van der Waals surface area contributed by atoms with E-state index in [-0.39, 0.29) is 25.5 Å². The number of hydrogen-bond donors (Lipinski definition) is 2. The summed E-state index contributed by atoms with van der Waals surface area (Å²) in [5, 5.41) is 13.1. The molecule has 7 heteroatoms. The summed E-state index contributed by atoms with van der Waals surface area (Å²) in [5.74, 6) is 0.587. The van der Waals surface area contributed by atoms with E-state index in [9.17, 15) is 9.90 Å². The van der Waals surface area contributed by atoms with Gasteiger partial charge in [-0.2, -0.15) is 0 Å². The van der Waals surface area contributed by atoms with Crippen molar-refractivity contribution in [1.29, 1.82) is 0 Å². The Bertz CT molecular complexity index is 616. The van der Waals surface area contributed by atoms with Crippen LogP contribution in [0.4, 0.5) is 0 Å². The van der Waals surface area contributed by atoms with Crippen LogP contribution in [0.1, 0.15) is 18.3 Å². The zero-order valence-corrected chi connectivity index (χ0v) is 13.1. The van der Waals surface area contributed by atoms with Gasteiger partial charge in [-0.05, 0) is 24.3 Å². The average Bonchev–Trinajstić information content (AvgIpc) is 3.03. The van der Waals surface area contributed by atoms with Gasteiger partial charge in [-0.3, -0.25) is 4.79 Å². The smallest absolute Gasteiger partial charge is 0.223 e. The van der Waals surface area contributed by atoms with Crippen molar-refractivity contribution >= 4 is 29.1 Å². The SMILES string of the molecule is O=C(CCOc1cccc(Cl)c1Cl)NCC(O)c1ccco1. The summed E-state index contributed by atoms with van der Waals surface area (Å²) in [6.07, 6.45) is 0.721. The molecular formula is C15H15Cl2NO4. The van der Waals surface area contributed by atoms with E-state index < -0.39 is 6.10 Å². The van der Waals surface area contributed by atoms with Crippen molar-refractivity contribution in [2.24, 2.45) is 0 Å². The standard InChI is InChI=1S/C15H15Cl2NO4/c16-10-3-1-4-13(15(10)17)22-8-6-14(20)18-9-11(19)12-5-2-7-21-12/h1-5,7,11,19H,6,8-9H2,(H,18,20). The second-order valence-corrected chi connectivity index (χ2v) is 5.27. The number of rotatable bonds is 7. The molecule has 0 saturated carbocycles. The number of aliphatic hydroxyl groups excluding tert-OH is 1. The number of halogens is 2. The highest BCUT2D eigenvalue weighted by atomic mass is 35.5. The molecule has 2 N–H and O–H groups in total. The molecule has 0 spiro atoms. The molecule has 1 heterocycles. The van der Waals surface area contributed by atoms with Gasteiger partial charge in [0.2, 0.25) is 5.91 Å². The van der Waals surface area contributed by atoms with Gasteiger partial charge in [-0.1, -0.05) is 29.3 Å². The van der Waals surface area contributed by atoms with Crippen LogP contribution in [0.3, 0.4) is 0 Å². The van der Waals surface area contributed by atoms with Crippen LogP contribution in [-0.2, 0) is 4.79 Å². The fourth-order valence-corrected chi connectivity index (χ4v) is 2.08. The topological polar surface area (TPSA) is 71.7 Å². The van der Waals surface area contributed by atoms with Crippen molar-refractivity contribution in [3.05, 3.63) is 52.4 Å². The Kier molecular flexibility index (Phi) is 6.12. The zero-order valence-electron chi connectivity index (χ0n) is 11.6. The third-order valence-corrected chi connectivity index (χ3v) is 3.67. The molecular weight excluding hydrogens is 329 g/mol. The maximum atomic E-state index is 11.7. The lowest BCUT2D eigenvalue weighted by Crippen LogP contribution is -2.29. The van der Waals surface area contributed by atoms with Crippen molar-refractivity contribution in [3.8, 4) is 5.75 Å². The van der Waals surface area contributed by atoms with Crippen LogP contribution >= 0.6 is 23.2 Å². The molecule has 1 aromatic carbocycles. The predicted octanol–water partition coefficient (Wildman–Crippen LogP) is 3.21. The van der Waals surface area contributed by atoms with Gasteiger partial charge in [0.15, 0.2) is 0 Å². The Morgan fingerprint density at radius 1 is 1.32 bits per heavy atom. The van der Waals surface area contributed by atoms with E-state index in [0.717, 1.165) is 0 Å². The fraction of sp³-hybridized carbons (Fsp3) is 0.267. The highest BCUT2D eigenvalue weighted by Gasteiger charge is 2.12. The highest BCUT2D eigenvalue weighted by molar-refractivity contribution is 6.42. The number of hydrogen-bond acceptors (Lipinski definition) is 4. The maximum absolute atomic E-state index is 11.7. The van der Waals surface area contributed by atoms with Crippen LogP contribution in [0.5, 0.6) is 5.75 Å². The first-order valence-corrected chi connectivity index (χ1v) is 7.38. The van der Waals surface area contributed by atoms with Gasteiger partial charge < -0.3 is 19.6 Å². The Hall–Kier alpha value is -1.69. The van der Waals surface area contributed by atoms with Crippen molar-refractivity contribution in [2.45, 2.75) is 12.5 Å². The lowest BCUT2D eigenvalue weighted by Gasteiger charge is -2.11.